The summed E-state index contributed by atoms with van der Waals surface area (Å²) < 4.78 is 23.7. The van der Waals surface area contributed by atoms with Crippen molar-refractivity contribution in [3.05, 3.63) is 42.5 Å². The molecule has 2 aromatic rings. The van der Waals surface area contributed by atoms with Gasteiger partial charge in [-0.2, -0.15) is 0 Å². The van der Waals surface area contributed by atoms with E-state index in [1.165, 1.54) is 11.1 Å². The third-order valence-electron chi connectivity index (χ3n) is 5.57. The monoisotopic (exact) mass is 748 g/mol. The van der Waals surface area contributed by atoms with Crippen molar-refractivity contribution in [3.8, 4) is 23.0 Å². The summed E-state index contributed by atoms with van der Waals surface area (Å²) in [6, 6.07) is 8.13. The molecule has 0 amide bonds. The lowest BCUT2D eigenvalue weighted by atomic mass is 9.98. The van der Waals surface area contributed by atoms with E-state index in [0.717, 1.165) is 31.5 Å². The zero-order valence-electron chi connectivity index (χ0n) is 21.0. The van der Waals surface area contributed by atoms with Gasteiger partial charge in [-0.15, -0.1) is 0 Å². The maximum absolute atomic E-state index is 9.64. The maximum atomic E-state index is 9.64. The summed E-state index contributed by atoms with van der Waals surface area (Å²) in [5, 5.41) is 9.64. The molecule has 0 spiro atoms. The standard InChI is InChI=1S/C15H23IO3.C11H15IO2.4CH4/c1-6-10(3)12-8-13(16)15(14(9-12)17-5)19-11(4)18-7-2;1-4-7(2)8-5-9(12)11(13)10(6-8)14-3;;;;/h8-11H,6-7H2,1-5H3;5-7,13H,4H2,1-3H3;4*1H4. The van der Waals surface area contributed by atoms with Crippen LogP contribution in [0.15, 0.2) is 24.3 Å². The molecule has 0 saturated carbocycles. The fraction of sp³-hybridized carbons (Fsp3) is 0.600. The highest BCUT2D eigenvalue weighted by Gasteiger charge is 2.16. The Balaban J connectivity index is -0.000000275. The molecule has 0 saturated heterocycles. The Kier molecular flexibility index (Phi) is 25.6. The van der Waals surface area contributed by atoms with Gasteiger partial charge >= 0.3 is 0 Å². The first-order valence-corrected chi connectivity index (χ1v) is 13.5. The number of methoxy groups -OCH3 is 2. The third-order valence-corrected chi connectivity index (χ3v) is 7.19. The molecule has 3 atom stereocenters. The summed E-state index contributed by atoms with van der Waals surface area (Å²) in [6.07, 6.45) is 1.92. The second kappa shape index (κ2) is 21.9. The van der Waals surface area contributed by atoms with Crippen molar-refractivity contribution in [2.24, 2.45) is 0 Å². The fourth-order valence-corrected chi connectivity index (χ4v) is 4.46. The molecule has 2 rings (SSSR count). The lowest BCUT2D eigenvalue weighted by molar-refractivity contribution is -0.0628. The fourth-order valence-electron chi connectivity index (χ4n) is 3.08. The van der Waals surface area contributed by atoms with Crippen LogP contribution in [0.1, 0.15) is 107 Å². The minimum absolute atomic E-state index is 0. The van der Waals surface area contributed by atoms with Crippen LogP contribution in [0, 0.1) is 7.14 Å². The lowest BCUT2D eigenvalue weighted by Crippen LogP contribution is -2.17. The van der Waals surface area contributed by atoms with Gasteiger partial charge in [0.2, 0.25) is 0 Å². The van der Waals surface area contributed by atoms with Crippen molar-refractivity contribution in [2.45, 2.75) is 102 Å². The molecule has 0 aliphatic carbocycles. The van der Waals surface area contributed by atoms with Gasteiger partial charge in [-0.3, -0.25) is 0 Å². The molecule has 1 N–H and O–H groups in total. The highest BCUT2D eigenvalue weighted by atomic mass is 127. The lowest BCUT2D eigenvalue weighted by Gasteiger charge is -2.20. The average molecular weight is 749 g/mol. The zero-order chi connectivity index (χ0) is 25.1. The van der Waals surface area contributed by atoms with Crippen molar-refractivity contribution in [2.75, 3.05) is 20.8 Å². The van der Waals surface area contributed by atoms with Crippen molar-refractivity contribution in [1.82, 2.24) is 0 Å². The van der Waals surface area contributed by atoms with E-state index in [9.17, 15) is 5.11 Å². The molecule has 5 nitrogen and oxygen atoms in total. The van der Waals surface area contributed by atoms with Gasteiger partial charge in [0.1, 0.15) is 0 Å². The first-order valence-electron chi connectivity index (χ1n) is 11.3. The van der Waals surface area contributed by atoms with Gasteiger partial charge in [0.25, 0.3) is 0 Å². The first-order chi connectivity index (χ1) is 15.6. The number of phenolic OH excluding ortho intramolecular Hbond substituents is 1. The van der Waals surface area contributed by atoms with Crippen molar-refractivity contribution < 1.29 is 24.1 Å². The number of rotatable bonds is 10. The molecule has 0 aliphatic rings. The Morgan fingerprint density at radius 3 is 1.57 bits per heavy atom. The number of benzene rings is 2. The molecule has 218 valence electrons. The number of phenols is 1. The van der Waals surface area contributed by atoms with Crippen LogP contribution in [0.3, 0.4) is 0 Å². The number of halogens is 2. The maximum Gasteiger partial charge on any atom is 0.197 e. The molecule has 0 radical (unpaired) electrons. The Morgan fingerprint density at radius 1 is 0.730 bits per heavy atom. The Hall–Kier alpha value is -0.940. The third kappa shape index (κ3) is 13.1. The minimum Gasteiger partial charge on any atom is -0.504 e. The molecule has 7 heteroatoms. The van der Waals surface area contributed by atoms with Gasteiger partial charge < -0.3 is 24.1 Å². The van der Waals surface area contributed by atoms with Gasteiger partial charge in [-0.1, -0.05) is 57.4 Å². The molecular weight excluding hydrogens is 694 g/mol. The molecule has 0 heterocycles. The van der Waals surface area contributed by atoms with Crippen LogP contribution < -0.4 is 14.2 Å². The van der Waals surface area contributed by atoms with Gasteiger partial charge in [0.15, 0.2) is 29.3 Å². The normalized spacial score (nSPS) is 11.9. The van der Waals surface area contributed by atoms with Gasteiger partial charge in [0.05, 0.1) is 21.4 Å². The van der Waals surface area contributed by atoms with Crippen LogP contribution in [0.4, 0.5) is 0 Å². The van der Waals surface area contributed by atoms with Crippen LogP contribution in [-0.2, 0) is 4.74 Å². The molecular formula is C30H54I2O5. The van der Waals surface area contributed by atoms with Crippen LogP contribution in [-0.4, -0.2) is 32.2 Å². The largest absolute Gasteiger partial charge is 0.504 e. The SMILES string of the molecule is C.C.C.C.CCC(C)c1cc(I)c(O)c(OC)c1.CCOC(C)Oc1c(I)cc(C(C)CC)cc1OC. The summed E-state index contributed by atoms with van der Waals surface area (Å²) in [6.45, 7) is 13.2. The molecule has 2 aromatic carbocycles. The van der Waals surface area contributed by atoms with E-state index < -0.39 is 0 Å². The number of ether oxygens (including phenoxy) is 4. The van der Waals surface area contributed by atoms with E-state index in [4.69, 9.17) is 18.9 Å². The van der Waals surface area contributed by atoms with Gasteiger partial charge in [0, 0.05) is 6.61 Å². The van der Waals surface area contributed by atoms with Crippen LogP contribution in [0.2, 0.25) is 0 Å². The molecule has 0 fully saturated rings. The Bertz CT molecular complexity index is 874. The highest BCUT2D eigenvalue weighted by molar-refractivity contribution is 14.1. The first kappa shape index (κ1) is 43.1. The smallest absolute Gasteiger partial charge is 0.197 e. The molecule has 0 aromatic heterocycles. The minimum atomic E-state index is -0.276. The topological polar surface area (TPSA) is 57.2 Å². The molecule has 0 aliphatic heterocycles. The van der Waals surface area contributed by atoms with Crippen molar-refractivity contribution in [1.29, 1.82) is 0 Å². The summed E-state index contributed by atoms with van der Waals surface area (Å²) in [4.78, 5) is 0. The zero-order valence-corrected chi connectivity index (χ0v) is 25.3. The predicted molar refractivity (Wildman–Crippen MR) is 179 cm³/mol. The molecule has 0 bridgehead atoms. The Labute approximate surface area is 256 Å². The number of hydrogen-bond donors (Lipinski definition) is 1. The number of aromatic hydroxyl groups is 1. The Morgan fingerprint density at radius 2 is 1.16 bits per heavy atom. The van der Waals surface area contributed by atoms with E-state index in [1.54, 1.807) is 14.2 Å². The molecule has 37 heavy (non-hydrogen) atoms. The van der Waals surface area contributed by atoms with Crippen LogP contribution in [0.5, 0.6) is 23.0 Å². The average Bonchev–Trinajstić information content (AvgIpc) is 2.81. The van der Waals surface area contributed by atoms with E-state index in [2.05, 4.69) is 85.0 Å². The number of hydrogen-bond acceptors (Lipinski definition) is 5. The van der Waals surface area contributed by atoms with Crippen molar-refractivity contribution in [3.63, 3.8) is 0 Å². The summed E-state index contributed by atoms with van der Waals surface area (Å²) in [5.74, 6) is 3.34. The summed E-state index contributed by atoms with van der Waals surface area (Å²) in [5.41, 5.74) is 2.49. The van der Waals surface area contributed by atoms with Crippen molar-refractivity contribution >= 4 is 45.2 Å². The van der Waals surface area contributed by atoms with E-state index in [0.29, 0.717) is 24.2 Å². The molecule has 3 unspecified atom stereocenters. The van der Waals surface area contributed by atoms with E-state index in [-0.39, 0.29) is 41.7 Å². The quantitative estimate of drug-likeness (QED) is 0.194. The van der Waals surface area contributed by atoms with E-state index >= 15 is 0 Å². The second-order valence-electron chi connectivity index (χ2n) is 7.85. The summed E-state index contributed by atoms with van der Waals surface area (Å²) >= 11 is 4.40. The van der Waals surface area contributed by atoms with Gasteiger partial charge in [-0.05, 0) is 119 Å². The van der Waals surface area contributed by atoms with Crippen LogP contribution >= 0.6 is 45.2 Å². The highest BCUT2D eigenvalue weighted by Crippen LogP contribution is 2.37. The predicted octanol–water partition coefficient (Wildman–Crippen LogP) is 10.6. The van der Waals surface area contributed by atoms with E-state index in [1.807, 2.05) is 26.0 Å². The second-order valence-corrected chi connectivity index (χ2v) is 10.2. The summed E-state index contributed by atoms with van der Waals surface area (Å²) in [7, 11) is 3.25. The van der Waals surface area contributed by atoms with Gasteiger partial charge in [-0.25, -0.2) is 0 Å². The van der Waals surface area contributed by atoms with Crippen LogP contribution in [0.25, 0.3) is 0 Å².